The van der Waals surface area contributed by atoms with Gasteiger partial charge in [0.1, 0.15) is 0 Å². The van der Waals surface area contributed by atoms with Crippen molar-refractivity contribution >= 4 is 5.69 Å². The normalized spacial score (nSPS) is 24.2. The third-order valence-electron chi connectivity index (χ3n) is 4.89. The van der Waals surface area contributed by atoms with Crippen LogP contribution in [0.4, 0.5) is 5.69 Å². The first-order valence-electron chi connectivity index (χ1n) is 8.45. The van der Waals surface area contributed by atoms with Gasteiger partial charge < -0.3 is 4.90 Å². The van der Waals surface area contributed by atoms with Crippen molar-refractivity contribution in [3.05, 3.63) is 29.8 Å². The van der Waals surface area contributed by atoms with Crippen LogP contribution < -0.4 is 4.90 Å². The summed E-state index contributed by atoms with van der Waals surface area (Å²) in [5, 5.41) is 0. The Kier molecular flexibility index (Phi) is 4.62. The monoisotopic (exact) mass is 272 g/mol. The number of hydrogen-bond acceptors (Lipinski definition) is 2. The fraction of sp³-hybridized carbons (Fsp3) is 0.667. The second-order valence-electron chi connectivity index (χ2n) is 6.40. The number of benzene rings is 1. The van der Waals surface area contributed by atoms with Crippen molar-refractivity contribution in [2.75, 3.05) is 31.1 Å². The zero-order valence-electron chi connectivity index (χ0n) is 12.9. The van der Waals surface area contributed by atoms with Crippen molar-refractivity contribution in [1.82, 2.24) is 4.90 Å². The lowest BCUT2D eigenvalue weighted by Crippen LogP contribution is -2.44. The fourth-order valence-electron chi connectivity index (χ4n) is 3.77. The van der Waals surface area contributed by atoms with E-state index < -0.39 is 0 Å². The van der Waals surface area contributed by atoms with Gasteiger partial charge in [-0.05, 0) is 49.9 Å². The summed E-state index contributed by atoms with van der Waals surface area (Å²) in [6.07, 6.45) is 7.97. The van der Waals surface area contributed by atoms with Crippen LogP contribution in [0.25, 0.3) is 0 Å². The first-order valence-corrected chi connectivity index (χ1v) is 8.45. The highest BCUT2D eigenvalue weighted by molar-refractivity contribution is 5.48. The largest absolute Gasteiger partial charge is 0.370 e. The molecule has 1 unspecified atom stereocenters. The van der Waals surface area contributed by atoms with E-state index in [1.165, 1.54) is 76.0 Å². The number of rotatable bonds is 3. The third-order valence-corrected chi connectivity index (χ3v) is 4.89. The van der Waals surface area contributed by atoms with Crippen LogP contribution >= 0.6 is 0 Å². The Hall–Kier alpha value is -1.02. The van der Waals surface area contributed by atoms with Gasteiger partial charge in [-0.25, -0.2) is 0 Å². The van der Waals surface area contributed by atoms with E-state index in [-0.39, 0.29) is 0 Å². The smallest absolute Gasteiger partial charge is 0.0366 e. The number of anilines is 1. The van der Waals surface area contributed by atoms with Crippen LogP contribution in [0.2, 0.25) is 0 Å². The Balaban J connectivity index is 1.69. The van der Waals surface area contributed by atoms with Gasteiger partial charge in [-0.2, -0.15) is 0 Å². The number of fused-ring (bicyclic) bond motifs is 1. The highest BCUT2D eigenvalue weighted by atomic mass is 15.2. The van der Waals surface area contributed by atoms with Crippen molar-refractivity contribution < 1.29 is 0 Å². The molecule has 0 amide bonds. The molecule has 0 bridgehead atoms. The molecule has 0 N–H and O–H groups in total. The minimum Gasteiger partial charge on any atom is -0.370 e. The van der Waals surface area contributed by atoms with Crippen LogP contribution in [0.5, 0.6) is 0 Å². The molecule has 0 spiro atoms. The van der Waals surface area contributed by atoms with E-state index in [0.29, 0.717) is 0 Å². The molecular weight excluding hydrogens is 244 g/mol. The SMILES string of the molecule is CCCc1ccc(N2CCCN3CCCCC3C2)cc1. The molecule has 20 heavy (non-hydrogen) atoms. The van der Waals surface area contributed by atoms with E-state index in [1.54, 1.807) is 0 Å². The summed E-state index contributed by atoms with van der Waals surface area (Å²) in [6.45, 7) is 7.33. The summed E-state index contributed by atoms with van der Waals surface area (Å²) in [5.74, 6) is 0. The summed E-state index contributed by atoms with van der Waals surface area (Å²) < 4.78 is 0. The molecule has 1 aromatic carbocycles. The van der Waals surface area contributed by atoms with Gasteiger partial charge in [0.2, 0.25) is 0 Å². The van der Waals surface area contributed by atoms with Crippen molar-refractivity contribution in [3.8, 4) is 0 Å². The Morgan fingerprint density at radius 2 is 1.80 bits per heavy atom. The molecule has 1 atom stereocenters. The Morgan fingerprint density at radius 1 is 1.00 bits per heavy atom. The lowest BCUT2D eigenvalue weighted by molar-refractivity contribution is 0.162. The van der Waals surface area contributed by atoms with Gasteiger partial charge >= 0.3 is 0 Å². The first-order chi connectivity index (χ1) is 9.86. The number of nitrogens with zero attached hydrogens (tertiary/aromatic N) is 2. The number of piperidine rings is 1. The van der Waals surface area contributed by atoms with Gasteiger partial charge in [-0.3, -0.25) is 4.90 Å². The molecule has 2 aliphatic heterocycles. The lowest BCUT2D eigenvalue weighted by atomic mass is 10.0. The van der Waals surface area contributed by atoms with Gasteiger partial charge in [0.05, 0.1) is 0 Å². The third kappa shape index (κ3) is 3.17. The molecule has 2 heterocycles. The molecule has 0 aliphatic carbocycles. The Bertz CT molecular complexity index is 412. The second kappa shape index (κ2) is 6.62. The maximum atomic E-state index is 2.73. The summed E-state index contributed by atoms with van der Waals surface area (Å²) in [4.78, 5) is 5.35. The molecule has 1 aromatic rings. The van der Waals surface area contributed by atoms with Crippen LogP contribution in [0.3, 0.4) is 0 Å². The zero-order chi connectivity index (χ0) is 13.8. The molecule has 110 valence electrons. The molecule has 2 aliphatic rings. The molecule has 2 nitrogen and oxygen atoms in total. The van der Waals surface area contributed by atoms with Gasteiger partial charge in [-0.15, -0.1) is 0 Å². The summed E-state index contributed by atoms with van der Waals surface area (Å²) in [6, 6.07) is 10.1. The quantitative estimate of drug-likeness (QED) is 0.828. The Morgan fingerprint density at radius 3 is 2.60 bits per heavy atom. The molecule has 0 saturated carbocycles. The van der Waals surface area contributed by atoms with E-state index in [0.717, 1.165) is 6.04 Å². The van der Waals surface area contributed by atoms with E-state index in [1.807, 2.05) is 0 Å². The minimum atomic E-state index is 0.793. The van der Waals surface area contributed by atoms with E-state index in [4.69, 9.17) is 0 Å². The predicted octanol–water partition coefficient (Wildman–Crippen LogP) is 3.70. The zero-order valence-corrected chi connectivity index (χ0v) is 12.9. The fourth-order valence-corrected chi connectivity index (χ4v) is 3.77. The van der Waals surface area contributed by atoms with Crippen LogP contribution in [0.1, 0.15) is 44.6 Å². The first kappa shape index (κ1) is 13.9. The van der Waals surface area contributed by atoms with Crippen LogP contribution in [-0.4, -0.2) is 37.1 Å². The van der Waals surface area contributed by atoms with Crippen LogP contribution in [0.15, 0.2) is 24.3 Å². The molecule has 3 rings (SSSR count). The van der Waals surface area contributed by atoms with Gasteiger partial charge in [0.25, 0.3) is 0 Å². The van der Waals surface area contributed by atoms with Crippen molar-refractivity contribution in [3.63, 3.8) is 0 Å². The Labute approximate surface area is 123 Å². The number of hydrogen-bond donors (Lipinski definition) is 0. The van der Waals surface area contributed by atoms with Gasteiger partial charge in [0, 0.05) is 31.4 Å². The van der Waals surface area contributed by atoms with Crippen LogP contribution in [0, 0.1) is 0 Å². The lowest BCUT2D eigenvalue weighted by Gasteiger charge is -2.35. The van der Waals surface area contributed by atoms with E-state index in [2.05, 4.69) is 41.0 Å². The minimum absolute atomic E-state index is 0.793. The van der Waals surface area contributed by atoms with E-state index >= 15 is 0 Å². The standard InChI is InChI=1S/C18H28N2/c1-2-6-16-8-10-17(11-9-16)20-14-5-13-19-12-4-3-7-18(19)15-20/h8-11,18H,2-7,12-15H2,1H3. The summed E-state index contributed by atoms with van der Waals surface area (Å²) in [5.41, 5.74) is 2.91. The maximum Gasteiger partial charge on any atom is 0.0366 e. The van der Waals surface area contributed by atoms with Crippen molar-refractivity contribution in [2.45, 2.75) is 51.5 Å². The molecule has 2 heteroatoms. The molecule has 2 fully saturated rings. The molecular formula is C18H28N2. The van der Waals surface area contributed by atoms with Crippen molar-refractivity contribution in [2.24, 2.45) is 0 Å². The number of aryl methyl sites for hydroxylation is 1. The van der Waals surface area contributed by atoms with E-state index in [9.17, 15) is 0 Å². The van der Waals surface area contributed by atoms with Crippen LogP contribution in [-0.2, 0) is 6.42 Å². The average Bonchev–Trinajstić information content (AvgIpc) is 2.70. The van der Waals surface area contributed by atoms with Crippen molar-refractivity contribution in [1.29, 1.82) is 0 Å². The topological polar surface area (TPSA) is 6.48 Å². The molecule has 0 aromatic heterocycles. The van der Waals surface area contributed by atoms with Gasteiger partial charge in [-0.1, -0.05) is 31.9 Å². The predicted molar refractivity (Wildman–Crippen MR) is 86.5 cm³/mol. The maximum absolute atomic E-state index is 2.73. The second-order valence-corrected chi connectivity index (χ2v) is 6.40. The molecule has 0 radical (unpaired) electrons. The van der Waals surface area contributed by atoms with Gasteiger partial charge in [0.15, 0.2) is 0 Å². The highest BCUT2D eigenvalue weighted by Gasteiger charge is 2.26. The summed E-state index contributed by atoms with van der Waals surface area (Å²) >= 11 is 0. The molecule has 2 saturated heterocycles. The summed E-state index contributed by atoms with van der Waals surface area (Å²) in [7, 11) is 0. The average molecular weight is 272 g/mol. The highest BCUT2D eigenvalue weighted by Crippen LogP contribution is 2.25.